The van der Waals surface area contributed by atoms with E-state index in [2.05, 4.69) is 10.3 Å². The van der Waals surface area contributed by atoms with Crippen molar-refractivity contribution in [1.82, 2.24) is 4.98 Å². The molecule has 16 heavy (non-hydrogen) atoms. The molecule has 4 heteroatoms. The average Bonchev–Trinajstić information content (AvgIpc) is 2.24. The molecule has 2 N–H and O–H groups in total. The summed E-state index contributed by atoms with van der Waals surface area (Å²) in [5.74, 6) is 0. The Morgan fingerprint density at radius 1 is 1.56 bits per heavy atom. The first-order chi connectivity index (χ1) is 7.53. The third-order valence-electron chi connectivity index (χ3n) is 2.41. The Kier molecular flexibility index (Phi) is 4.71. The molecule has 90 valence electrons. The fourth-order valence-corrected chi connectivity index (χ4v) is 1.36. The van der Waals surface area contributed by atoms with Gasteiger partial charge in [-0.3, -0.25) is 4.98 Å². The van der Waals surface area contributed by atoms with E-state index in [-0.39, 0.29) is 0 Å². The molecule has 1 aromatic rings. The number of methoxy groups -OCH3 is 1. The van der Waals surface area contributed by atoms with Crippen molar-refractivity contribution in [1.29, 1.82) is 0 Å². The van der Waals surface area contributed by atoms with E-state index >= 15 is 0 Å². The number of anilines is 1. The monoisotopic (exact) mass is 224 g/mol. The highest BCUT2D eigenvalue weighted by Crippen LogP contribution is 2.13. The predicted molar refractivity (Wildman–Crippen MR) is 64.6 cm³/mol. The first kappa shape index (κ1) is 12.9. The fourth-order valence-electron chi connectivity index (χ4n) is 1.36. The molecule has 0 radical (unpaired) electrons. The highest BCUT2D eigenvalue weighted by Gasteiger charge is 2.19. The van der Waals surface area contributed by atoms with Crippen LogP contribution in [0.25, 0.3) is 0 Å². The Morgan fingerprint density at radius 3 is 2.94 bits per heavy atom. The lowest BCUT2D eigenvalue weighted by Crippen LogP contribution is -2.34. The summed E-state index contributed by atoms with van der Waals surface area (Å²) in [6.07, 6.45) is 2.36. The molecule has 0 spiro atoms. The molecule has 0 aliphatic rings. The zero-order valence-corrected chi connectivity index (χ0v) is 10.2. The van der Waals surface area contributed by atoms with E-state index in [1.54, 1.807) is 20.2 Å². The van der Waals surface area contributed by atoms with Crippen LogP contribution in [0.2, 0.25) is 0 Å². The van der Waals surface area contributed by atoms with Gasteiger partial charge in [0.25, 0.3) is 0 Å². The Hall–Kier alpha value is -1.13. The third-order valence-corrected chi connectivity index (χ3v) is 2.41. The fraction of sp³-hybridized carbons (Fsp3) is 0.583. The van der Waals surface area contributed by atoms with Gasteiger partial charge in [0.2, 0.25) is 0 Å². The van der Waals surface area contributed by atoms with Crippen LogP contribution < -0.4 is 5.32 Å². The number of nitrogens with zero attached hydrogens (tertiary/aromatic N) is 1. The summed E-state index contributed by atoms with van der Waals surface area (Å²) in [4.78, 5) is 4.11. The summed E-state index contributed by atoms with van der Waals surface area (Å²) >= 11 is 0. The Balaban J connectivity index is 2.44. The maximum absolute atomic E-state index is 10.0. The van der Waals surface area contributed by atoms with Crippen LogP contribution >= 0.6 is 0 Å². The zero-order valence-electron chi connectivity index (χ0n) is 10.2. The molecule has 0 saturated heterocycles. The summed E-state index contributed by atoms with van der Waals surface area (Å²) in [6.45, 7) is 4.80. The van der Waals surface area contributed by atoms with E-state index in [4.69, 9.17) is 4.74 Å². The third kappa shape index (κ3) is 4.59. The number of nitrogens with one attached hydrogen (secondary N) is 1. The minimum absolute atomic E-state index is 0.500. The van der Waals surface area contributed by atoms with Gasteiger partial charge in [-0.1, -0.05) is 0 Å². The Labute approximate surface area is 96.7 Å². The van der Waals surface area contributed by atoms with Crippen molar-refractivity contribution in [2.75, 3.05) is 25.6 Å². The van der Waals surface area contributed by atoms with E-state index in [1.165, 1.54) is 0 Å². The van der Waals surface area contributed by atoms with Crippen LogP contribution in [0.3, 0.4) is 0 Å². The van der Waals surface area contributed by atoms with Crippen LogP contribution in [0.15, 0.2) is 18.3 Å². The lowest BCUT2D eigenvalue weighted by Gasteiger charge is -2.23. The highest BCUT2D eigenvalue weighted by atomic mass is 16.5. The van der Waals surface area contributed by atoms with Gasteiger partial charge in [-0.05, 0) is 26.0 Å². The van der Waals surface area contributed by atoms with E-state index in [0.29, 0.717) is 19.6 Å². The molecule has 0 bridgehead atoms. The molecule has 0 aliphatic heterocycles. The van der Waals surface area contributed by atoms with Crippen molar-refractivity contribution in [3.8, 4) is 0 Å². The molecule has 0 aromatic carbocycles. The van der Waals surface area contributed by atoms with Crippen LogP contribution in [0, 0.1) is 6.92 Å². The molecular weight excluding hydrogens is 204 g/mol. The van der Waals surface area contributed by atoms with Crippen molar-refractivity contribution in [3.05, 3.63) is 24.0 Å². The Bertz CT molecular complexity index is 327. The minimum atomic E-state index is -0.757. The molecule has 0 amide bonds. The second-order valence-corrected chi connectivity index (χ2v) is 4.28. The van der Waals surface area contributed by atoms with Crippen molar-refractivity contribution in [2.45, 2.75) is 25.9 Å². The molecule has 4 nitrogen and oxygen atoms in total. The summed E-state index contributed by atoms with van der Waals surface area (Å²) < 4.78 is 4.95. The average molecular weight is 224 g/mol. The second-order valence-electron chi connectivity index (χ2n) is 4.28. The van der Waals surface area contributed by atoms with Crippen molar-refractivity contribution in [3.63, 3.8) is 0 Å². The first-order valence-corrected chi connectivity index (χ1v) is 5.41. The molecule has 1 rings (SSSR count). The molecule has 1 aromatic heterocycles. The molecule has 1 atom stereocenters. The van der Waals surface area contributed by atoms with Crippen LogP contribution in [-0.2, 0) is 4.74 Å². The summed E-state index contributed by atoms with van der Waals surface area (Å²) in [7, 11) is 1.63. The van der Waals surface area contributed by atoms with Gasteiger partial charge in [0.1, 0.15) is 0 Å². The van der Waals surface area contributed by atoms with Gasteiger partial charge in [0.15, 0.2) is 0 Å². The number of ether oxygens (including phenoxy) is 1. The van der Waals surface area contributed by atoms with Gasteiger partial charge in [-0.2, -0.15) is 0 Å². The quantitative estimate of drug-likeness (QED) is 0.770. The first-order valence-electron chi connectivity index (χ1n) is 5.41. The highest BCUT2D eigenvalue weighted by molar-refractivity contribution is 5.43. The maximum atomic E-state index is 10.0. The maximum Gasteiger partial charge on any atom is 0.0813 e. The van der Waals surface area contributed by atoms with E-state index in [0.717, 1.165) is 11.4 Å². The molecule has 1 unspecified atom stereocenters. The largest absolute Gasteiger partial charge is 0.388 e. The number of aryl methyl sites for hydroxylation is 1. The summed E-state index contributed by atoms with van der Waals surface area (Å²) in [5, 5.41) is 13.2. The van der Waals surface area contributed by atoms with Crippen LogP contribution in [0.1, 0.15) is 19.0 Å². The van der Waals surface area contributed by atoms with E-state index in [9.17, 15) is 5.11 Å². The molecule has 1 heterocycles. The topological polar surface area (TPSA) is 54.4 Å². The van der Waals surface area contributed by atoms with E-state index in [1.807, 2.05) is 19.1 Å². The standard InChI is InChI=1S/C12H20N2O2/c1-10-8-11(4-6-13-10)14-9-12(2,15)5-7-16-3/h4,6,8,15H,5,7,9H2,1-3H3,(H,13,14). The van der Waals surface area contributed by atoms with Crippen LogP contribution in [0.4, 0.5) is 5.69 Å². The molecular formula is C12H20N2O2. The normalized spacial score (nSPS) is 14.5. The van der Waals surface area contributed by atoms with Gasteiger partial charge >= 0.3 is 0 Å². The summed E-state index contributed by atoms with van der Waals surface area (Å²) in [5.41, 5.74) is 1.18. The van der Waals surface area contributed by atoms with Crippen molar-refractivity contribution in [2.24, 2.45) is 0 Å². The Morgan fingerprint density at radius 2 is 2.31 bits per heavy atom. The zero-order chi connectivity index (χ0) is 12.0. The summed E-state index contributed by atoms with van der Waals surface area (Å²) in [6, 6.07) is 3.84. The van der Waals surface area contributed by atoms with Crippen LogP contribution in [0.5, 0.6) is 0 Å². The van der Waals surface area contributed by atoms with Gasteiger partial charge in [-0.15, -0.1) is 0 Å². The van der Waals surface area contributed by atoms with Crippen molar-refractivity contribution >= 4 is 5.69 Å². The predicted octanol–water partition coefficient (Wildman–Crippen LogP) is 1.59. The lowest BCUT2D eigenvalue weighted by molar-refractivity contribution is 0.0357. The lowest BCUT2D eigenvalue weighted by atomic mass is 10.0. The number of pyridine rings is 1. The number of rotatable bonds is 6. The minimum Gasteiger partial charge on any atom is -0.388 e. The molecule has 0 aliphatic carbocycles. The van der Waals surface area contributed by atoms with E-state index < -0.39 is 5.60 Å². The molecule has 0 fully saturated rings. The van der Waals surface area contributed by atoms with Crippen molar-refractivity contribution < 1.29 is 9.84 Å². The van der Waals surface area contributed by atoms with Gasteiger partial charge in [0.05, 0.1) is 5.60 Å². The SMILES string of the molecule is COCCC(C)(O)CNc1ccnc(C)c1. The van der Waals surface area contributed by atoms with Gasteiger partial charge < -0.3 is 15.2 Å². The molecule has 0 saturated carbocycles. The smallest absolute Gasteiger partial charge is 0.0813 e. The second kappa shape index (κ2) is 5.82. The number of aromatic nitrogens is 1. The number of aliphatic hydroxyl groups is 1. The number of hydrogen-bond acceptors (Lipinski definition) is 4. The van der Waals surface area contributed by atoms with Gasteiger partial charge in [-0.25, -0.2) is 0 Å². The number of hydrogen-bond donors (Lipinski definition) is 2. The van der Waals surface area contributed by atoms with Crippen LogP contribution in [-0.4, -0.2) is 36.0 Å². The van der Waals surface area contributed by atoms with Gasteiger partial charge in [0, 0.05) is 44.3 Å².